The second-order valence-corrected chi connectivity index (χ2v) is 5.00. The first-order valence-corrected chi connectivity index (χ1v) is 5.85. The van der Waals surface area contributed by atoms with Crippen molar-refractivity contribution in [3.63, 3.8) is 0 Å². The molecule has 0 radical (unpaired) electrons. The van der Waals surface area contributed by atoms with Gasteiger partial charge in [0.25, 0.3) is 0 Å². The zero-order chi connectivity index (χ0) is 11.7. The molecule has 2 rings (SSSR count). The van der Waals surface area contributed by atoms with Gasteiger partial charge in [0.05, 0.1) is 0 Å². The summed E-state index contributed by atoms with van der Waals surface area (Å²) in [6.45, 7) is 0.712. The van der Waals surface area contributed by atoms with Crippen LogP contribution in [-0.4, -0.2) is 31.8 Å². The summed E-state index contributed by atoms with van der Waals surface area (Å²) in [6, 6.07) is 8.01. The predicted octanol–water partition coefficient (Wildman–Crippen LogP) is 1.79. The SMILES string of the molecule is CN(C)c1ccc(N2CC(S)CC2=O)cc1. The smallest absolute Gasteiger partial charge is 0.228 e. The lowest BCUT2D eigenvalue weighted by Gasteiger charge is -2.18. The van der Waals surface area contributed by atoms with Gasteiger partial charge >= 0.3 is 0 Å². The number of amides is 1. The standard InChI is InChI=1S/C12H16N2OS/c1-13(2)9-3-5-10(6-4-9)14-8-11(16)7-12(14)15/h3-6,11,16H,7-8H2,1-2H3. The van der Waals surface area contributed by atoms with Crippen LogP contribution < -0.4 is 9.80 Å². The third-order valence-electron chi connectivity index (χ3n) is 2.78. The number of carbonyl (C=O) groups is 1. The molecule has 0 bridgehead atoms. The topological polar surface area (TPSA) is 23.6 Å². The van der Waals surface area contributed by atoms with Crippen LogP contribution in [0.25, 0.3) is 0 Å². The molecule has 86 valence electrons. The van der Waals surface area contributed by atoms with Gasteiger partial charge in [0, 0.05) is 43.7 Å². The van der Waals surface area contributed by atoms with Crippen LogP contribution in [0, 0.1) is 0 Å². The summed E-state index contributed by atoms with van der Waals surface area (Å²) in [6.07, 6.45) is 0.540. The van der Waals surface area contributed by atoms with Crippen molar-refractivity contribution in [3.8, 4) is 0 Å². The van der Waals surface area contributed by atoms with Crippen molar-refractivity contribution in [2.45, 2.75) is 11.7 Å². The summed E-state index contributed by atoms with van der Waals surface area (Å²) in [4.78, 5) is 15.5. The Bertz CT molecular complexity index is 389. The van der Waals surface area contributed by atoms with Crippen molar-refractivity contribution in [1.82, 2.24) is 0 Å². The second-order valence-electron chi connectivity index (χ2n) is 4.27. The molecule has 0 aromatic heterocycles. The normalized spacial score (nSPS) is 20.3. The molecular formula is C12H16N2OS. The van der Waals surface area contributed by atoms with Gasteiger partial charge in [0.1, 0.15) is 0 Å². The molecule has 1 aromatic rings. The molecule has 1 aromatic carbocycles. The van der Waals surface area contributed by atoms with Gasteiger partial charge in [-0.2, -0.15) is 12.6 Å². The lowest BCUT2D eigenvalue weighted by Crippen LogP contribution is -2.24. The van der Waals surface area contributed by atoms with Crippen LogP contribution in [0.2, 0.25) is 0 Å². The Balaban J connectivity index is 2.19. The molecule has 0 saturated carbocycles. The lowest BCUT2D eigenvalue weighted by atomic mass is 10.2. The number of nitrogens with zero attached hydrogens (tertiary/aromatic N) is 2. The average Bonchev–Trinajstić information content (AvgIpc) is 2.58. The zero-order valence-electron chi connectivity index (χ0n) is 9.55. The van der Waals surface area contributed by atoms with Crippen molar-refractivity contribution < 1.29 is 4.79 Å². The van der Waals surface area contributed by atoms with Gasteiger partial charge in [0.15, 0.2) is 0 Å². The highest BCUT2D eigenvalue weighted by molar-refractivity contribution is 7.81. The average molecular weight is 236 g/mol. The van der Waals surface area contributed by atoms with Crippen molar-refractivity contribution in [1.29, 1.82) is 0 Å². The van der Waals surface area contributed by atoms with Gasteiger partial charge in [-0.05, 0) is 24.3 Å². The fraction of sp³-hybridized carbons (Fsp3) is 0.417. The van der Waals surface area contributed by atoms with Crippen LogP contribution in [0.5, 0.6) is 0 Å². The van der Waals surface area contributed by atoms with Gasteiger partial charge in [-0.1, -0.05) is 0 Å². The van der Waals surface area contributed by atoms with E-state index in [9.17, 15) is 4.79 Å². The number of benzene rings is 1. The number of thiol groups is 1. The van der Waals surface area contributed by atoms with E-state index >= 15 is 0 Å². The minimum Gasteiger partial charge on any atom is -0.378 e. The summed E-state index contributed by atoms with van der Waals surface area (Å²) in [7, 11) is 4.00. The van der Waals surface area contributed by atoms with E-state index in [1.54, 1.807) is 4.90 Å². The molecule has 1 heterocycles. The van der Waals surface area contributed by atoms with E-state index in [2.05, 4.69) is 12.6 Å². The van der Waals surface area contributed by atoms with Crippen LogP contribution in [0.1, 0.15) is 6.42 Å². The van der Waals surface area contributed by atoms with E-state index in [1.165, 1.54) is 0 Å². The number of hydrogen-bond donors (Lipinski definition) is 1. The summed E-state index contributed by atoms with van der Waals surface area (Å²) in [5.41, 5.74) is 2.10. The molecule has 4 heteroatoms. The molecule has 1 aliphatic heterocycles. The van der Waals surface area contributed by atoms with Crippen LogP contribution in [0.4, 0.5) is 11.4 Å². The summed E-state index contributed by atoms with van der Waals surface area (Å²) >= 11 is 4.34. The molecule has 0 spiro atoms. The molecule has 3 nitrogen and oxygen atoms in total. The lowest BCUT2D eigenvalue weighted by molar-refractivity contribution is -0.117. The fourth-order valence-corrected chi connectivity index (χ4v) is 2.19. The van der Waals surface area contributed by atoms with Crippen molar-refractivity contribution in [2.75, 3.05) is 30.4 Å². The van der Waals surface area contributed by atoms with Crippen LogP contribution >= 0.6 is 12.6 Å². The van der Waals surface area contributed by atoms with E-state index < -0.39 is 0 Å². The van der Waals surface area contributed by atoms with Gasteiger partial charge in [-0.3, -0.25) is 4.79 Å². The van der Waals surface area contributed by atoms with Gasteiger partial charge < -0.3 is 9.80 Å². The molecule has 1 aliphatic rings. The van der Waals surface area contributed by atoms with Gasteiger partial charge in [0.2, 0.25) is 5.91 Å². The maximum atomic E-state index is 11.7. The Labute approximate surface area is 101 Å². The third kappa shape index (κ3) is 2.16. The van der Waals surface area contributed by atoms with Crippen LogP contribution in [0.15, 0.2) is 24.3 Å². The largest absolute Gasteiger partial charge is 0.378 e. The molecule has 16 heavy (non-hydrogen) atoms. The van der Waals surface area contributed by atoms with E-state index in [1.807, 2.05) is 43.3 Å². The second kappa shape index (κ2) is 4.37. The Morgan fingerprint density at radius 1 is 1.31 bits per heavy atom. The zero-order valence-corrected chi connectivity index (χ0v) is 10.4. The van der Waals surface area contributed by atoms with Gasteiger partial charge in [-0.15, -0.1) is 0 Å². The molecule has 1 fully saturated rings. The van der Waals surface area contributed by atoms with Crippen molar-refractivity contribution in [2.24, 2.45) is 0 Å². The fourth-order valence-electron chi connectivity index (χ4n) is 1.87. The van der Waals surface area contributed by atoms with E-state index in [-0.39, 0.29) is 11.2 Å². The number of rotatable bonds is 2. The maximum Gasteiger partial charge on any atom is 0.228 e. The van der Waals surface area contributed by atoms with Crippen molar-refractivity contribution in [3.05, 3.63) is 24.3 Å². The quantitative estimate of drug-likeness (QED) is 0.791. The molecule has 1 unspecified atom stereocenters. The Kier molecular flexibility index (Phi) is 3.10. The van der Waals surface area contributed by atoms with E-state index in [0.29, 0.717) is 13.0 Å². The highest BCUT2D eigenvalue weighted by atomic mass is 32.1. The summed E-state index contributed by atoms with van der Waals surface area (Å²) in [5.74, 6) is 0.164. The minimum absolute atomic E-state index is 0.164. The molecule has 1 amide bonds. The first-order chi connectivity index (χ1) is 7.58. The Morgan fingerprint density at radius 3 is 2.38 bits per heavy atom. The van der Waals surface area contributed by atoms with E-state index in [4.69, 9.17) is 0 Å². The van der Waals surface area contributed by atoms with Crippen LogP contribution in [0.3, 0.4) is 0 Å². The van der Waals surface area contributed by atoms with Crippen LogP contribution in [-0.2, 0) is 4.79 Å². The first-order valence-electron chi connectivity index (χ1n) is 5.34. The third-order valence-corrected chi connectivity index (χ3v) is 3.13. The van der Waals surface area contributed by atoms with Crippen molar-refractivity contribution >= 4 is 29.9 Å². The molecule has 1 saturated heterocycles. The Hall–Kier alpha value is -1.16. The number of hydrogen-bond acceptors (Lipinski definition) is 3. The highest BCUT2D eigenvalue weighted by Crippen LogP contribution is 2.25. The van der Waals surface area contributed by atoms with Gasteiger partial charge in [-0.25, -0.2) is 0 Å². The Morgan fingerprint density at radius 2 is 1.94 bits per heavy atom. The minimum atomic E-state index is 0.164. The maximum absolute atomic E-state index is 11.7. The highest BCUT2D eigenvalue weighted by Gasteiger charge is 2.27. The summed E-state index contributed by atoms with van der Waals surface area (Å²) in [5, 5.41) is 0.168. The number of carbonyl (C=O) groups excluding carboxylic acids is 1. The first kappa shape index (κ1) is 11.3. The number of anilines is 2. The van der Waals surface area contributed by atoms with E-state index in [0.717, 1.165) is 11.4 Å². The monoisotopic (exact) mass is 236 g/mol. The molecule has 0 aliphatic carbocycles. The summed E-state index contributed by atoms with van der Waals surface area (Å²) < 4.78 is 0. The molecule has 0 N–H and O–H groups in total. The predicted molar refractivity (Wildman–Crippen MR) is 70.5 cm³/mol. The molecule has 1 atom stereocenters. The molecular weight excluding hydrogens is 220 g/mol.